The number of carbonyl (C=O) groups is 1. The van der Waals surface area contributed by atoms with Crippen LogP contribution in [0.5, 0.6) is 5.75 Å². The maximum atomic E-state index is 13.1. The van der Waals surface area contributed by atoms with Crippen LogP contribution in [0.4, 0.5) is 18.9 Å². The van der Waals surface area contributed by atoms with Gasteiger partial charge < -0.3 is 10.1 Å². The zero-order valence-corrected chi connectivity index (χ0v) is 16.6. The molecule has 29 heavy (non-hydrogen) atoms. The molecule has 154 valence electrons. The van der Waals surface area contributed by atoms with Crippen molar-refractivity contribution in [3.63, 3.8) is 0 Å². The number of nitrogens with zero attached hydrogens (tertiary/aromatic N) is 2. The molecule has 1 aromatic carbocycles. The number of amides is 1. The minimum absolute atomic E-state index is 0.0173. The highest BCUT2D eigenvalue weighted by Crippen LogP contribution is 2.33. The first kappa shape index (κ1) is 21.0. The molecule has 0 aliphatic carbocycles. The van der Waals surface area contributed by atoms with Gasteiger partial charge in [-0.1, -0.05) is 24.9 Å². The van der Waals surface area contributed by atoms with E-state index in [0.717, 1.165) is 29.5 Å². The molecule has 0 unspecified atom stereocenters. The van der Waals surface area contributed by atoms with Crippen LogP contribution in [0.25, 0.3) is 5.65 Å². The number of benzene rings is 1. The normalized spacial score (nSPS) is 11.7. The summed E-state index contributed by atoms with van der Waals surface area (Å²) in [5, 5.41) is 2.49. The van der Waals surface area contributed by atoms with Crippen LogP contribution >= 0.6 is 11.6 Å². The molecule has 3 aromatic rings. The molecule has 2 heterocycles. The van der Waals surface area contributed by atoms with Gasteiger partial charge in [0.05, 0.1) is 22.9 Å². The van der Waals surface area contributed by atoms with Crippen LogP contribution in [0.2, 0.25) is 5.02 Å². The molecule has 0 aliphatic rings. The Morgan fingerprint density at radius 2 is 1.97 bits per heavy atom. The number of rotatable bonds is 6. The summed E-state index contributed by atoms with van der Waals surface area (Å²) in [5.41, 5.74) is -0.151. The number of aromatic nitrogens is 2. The lowest BCUT2D eigenvalue weighted by atomic mass is 10.2. The number of pyridine rings is 1. The molecule has 0 aliphatic heterocycles. The van der Waals surface area contributed by atoms with Crippen molar-refractivity contribution in [3.8, 4) is 5.75 Å². The maximum absolute atomic E-state index is 13.1. The summed E-state index contributed by atoms with van der Waals surface area (Å²) in [5.74, 6) is 0.0778. The number of aryl methyl sites for hydroxylation is 1. The number of alkyl halides is 3. The second-order valence-corrected chi connectivity index (χ2v) is 6.90. The van der Waals surface area contributed by atoms with Crippen molar-refractivity contribution in [1.82, 2.24) is 9.38 Å². The van der Waals surface area contributed by atoms with Crippen LogP contribution in [0, 0.1) is 6.92 Å². The number of ether oxygens (including phenoxy) is 1. The van der Waals surface area contributed by atoms with Crippen molar-refractivity contribution in [1.29, 1.82) is 0 Å². The molecule has 1 N–H and O–H groups in total. The minimum atomic E-state index is -4.60. The first-order valence-electron chi connectivity index (χ1n) is 9.00. The molecule has 0 saturated heterocycles. The molecular formula is C20H19ClF3N3O2. The summed E-state index contributed by atoms with van der Waals surface area (Å²) < 4.78 is 46.0. The average Bonchev–Trinajstić information content (AvgIpc) is 2.99. The highest BCUT2D eigenvalue weighted by Gasteiger charge is 2.33. The Labute approximate surface area is 170 Å². The standard InChI is InChI=1S/C20H19ClF3N3O2/c1-3-4-9-29-15-7-5-14(6-8-15)26-19(28)17-12(2)25-18-16(21)10-13(11-27(17)18)20(22,23)24/h5-8,10-11H,3-4,9H2,1-2H3,(H,26,28). The fourth-order valence-corrected chi connectivity index (χ4v) is 3.06. The predicted molar refractivity (Wildman–Crippen MR) is 105 cm³/mol. The van der Waals surface area contributed by atoms with E-state index in [0.29, 0.717) is 18.0 Å². The first-order chi connectivity index (χ1) is 13.7. The summed E-state index contributed by atoms with van der Waals surface area (Å²) in [6.07, 6.45) is -1.82. The van der Waals surface area contributed by atoms with Crippen LogP contribution < -0.4 is 10.1 Å². The van der Waals surface area contributed by atoms with E-state index in [1.807, 2.05) is 0 Å². The fourth-order valence-electron chi connectivity index (χ4n) is 2.81. The summed E-state index contributed by atoms with van der Waals surface area (Å²) >= 11 is 5.96. The number of imidazole rings is 1. The first-order valence-corrected chi connectivity index (χ1v) is 9.38. The monoisotopic (exact) mass is 425 g/mol. The van der Waals surface area contributed by atoms with Crippen molar-refractivity contribution in [2.75, 3.05) is 11.9 Å². The van der Waals surface area contributed by atoms with Crippen molar-refractivity contribution in [2.24, 2.45) is 0 Å². The van der Waals surface area contributed by atoms with Gasteiger partial charge in [-0.05, 0) is 43.7 Å². The lowest BCUT2D eigenvalue weighted by molar-refractivity contribution is -0.137. The zero-order valence-electron chi connectivity index (χ0n) is 15.8. The van der Waals surface area contributed by atoms with Gasteiger partial charge >= 0.3 is 6.18 Å². The molecule has 5 nitrogen and oxygen atoms in total. The summed E-state index contributed by atoms with van der Waals surface area (Å²) in [4.78, 5) is 16.9. The van der Waals surface area contributed by atoms with Crippen LogP contribution in [0.1, 0.15) is 41.5 Å². The largest absolute Gasteiger partial charge is 0.494 e. The number of hydrogen-bond donors (Lipinski definition) is 1. The second-order valence-electron chi connectivity index (χ2n) is 6.49. The molecule has 0 spiro atoms. The molecule has 0 radical (unpaired) electrons. The number of hydrogen-bond acceptors (Lipinski definition) is 3. The zero-order chi connectivity index (χ0) is 21.2. The summed E-state index contributed by atoms with van der Waals surface area (Å²) in [6, 6.07) is 7.54. The molecule has 0 bridgehead atoms. The van der Waals surface area contributed by atoms with Gasteiger partial charge in [0.1, 0.15) is 11.4 Å². The highest BCUT2D eigenvalue weighted by molar-refractivity contribution is 6.33. The Bertz CT molecular complexity index is 1030. The van der Waals surface area contributed by atoms with Gasteiger partial charge in [-0.2, -0.15) is 13.2 Å². The highest BCUT2D eigenvalue weighted by atomic mass is 35.5. The van der Waals surface area contributed by atoms with E-state index in [1.54, 1.807) is 24.3 Å². The number of anilines is 1. The predicted octanol–water partition coefficient (Wildman–Crippen LogP) is 5.75. The Morgan fingerprint density at radius 3 is 2.59 bits per heavy atom. The SMILES string of the molecule is CCCCOc1ccc(NC(=O)c2c(C)nc3c(Cl)cc(C(F)(F)F)cn23)cc1. The van der Waals surface area contributed by atoms with E-state index in [9.17, 15) is 18.0 Å². The Morgan fingerprint density at radius 1 is 1.28 bits per heavy atom. The topological polar surface area (TPSA) is 55.6 Å². The van der Waals surface area contributed by atoms with Crippen LogP contribution in [-0.2, 0) is 6.18 Å². The number of carbonyl (C=O) groups excluding carboxylic acids is 1. The molecule has 0 atom stereocenters. The molecule has 9 heteroatoms. The maximum Gasteiger partial charge on any atom is 0.417 e. The lowest BCUT2D eigenvalue weighted by Crippen LogP contribution is -2.16. The molecule has 0 fully saturated rings. The van der Waals surface area contributed by atoms with Gasteiger partial charge in [-0.15, -0.1) is 0 Å². The fraction of sp³-hybridized carbons (Fsp3) is 0.300. The van der Waals surface area contributed by atoms with E-state index in [2.05, 4.69) is 17.2 Å². The van der Waals surface area contributed by atoms with Gasteiger partial charge in [-0.3, -0.25) is 9.20 Å². The van der Waals surface area contributed by atoms with Gasteiger partial charge in [0.2, 0.25) is 0 Å². The lowest BCUT2D eigenvalue weighted by Gasteiger charge is -2.11. The molecule has 2 aromatic heterocycles. The van der Waals surface area contributed by atoms with Crippen LogP contribution in [0.3, 0.4) is 0 Å². The van der Waals surface area contributed by atoms with Crippen molar-refractivity contribution < 1.29 is 22.7 Å². The van der Waals surface area contributed by atoms with E-state index in [4.69, 9.17) is 16.3 Å². The van der Waals surface area contributed by atoms with Crippen LogP contribution in [-0.4, -0.2) is 21.9 Å². The van der Waals surface area contributed by atoms with Crippen molar-refractivity contribution >= 4 is 28.8 Å². The van der Waals surface area contributed by atoms with Gasteiger partial charge in [0.15, 0.2) is 5.65 Å². The Kier molecular flexibility index (Phi) is 6.02. The second kappa shape index (κ2) is 8.32. The number of fused-ring (bicyclic) bond motifs is 1. The van der Waals surface area contributed by atoms with E-state index < -0.39 is 17.6 Å². The molecule has 1 amide bonds. The molecule has 3 rings (SSSR count). The van der Waals surface area contributed by atoms with E-state index >= 15 is 0 Å². The van der Waals surface area contributed by atoms with Gasteiger partial charge in [0.25, 0.3) is 5.91 Å². The van der Waals surface area contributed by atoms with E-state index in [-0.39, 0.29) is 22.1 Å². The third-order valence-corrected chi connectivity index (χ3v) is 4.55. The quantitative estimate of drug-likeness (QED) is 0.512. The van der Waals surface area contributed by atoms with Crippen molar-refractivity contribution in [3.05, 3.63) is 58.5 Å². The van der Waals surface area contributed by atoms with E-state index in [1.165, 1.54) is 6.92 Å². The number of unbranched alkanes of at least 4 members (excludes halogenated alkanes) is 1. The molecular weight excluding hydrogens is 407 g/mol. The van der Waals surface area contributed by atoms with Crippen molar-refractivity contribution in [2.45, 2.75) is 32.9 Å². The number of nitrogens with one attached hydrogen (secondary N) is 1. The summed E-state index contributed by atoms with van der Waals surface area (Å²) in [6.45, 7) is 4.21. The molecule has 0 saturated carbocycles. The smallest absolute Gasteiger partial charge is 0.417 e. The Hall–Kier alpha value is -2.74. The minimum Gasteiger partial charge on any atom is -0.494 e. The third-order valence-electron chi connectivity index (χ3n) is 4.27. The number of halogens is 4. The summed E-state index contributed by atoms with van der Waals surface area (Å²) in [7, 11) is 0. The third kappa shape index (κ3) is 4.64. The Balaban J connectivity index is 1.87. The van der Waals surface area contributed by atoms with Gasteiger partial charge in [-0.25, -0.2) is 4.98 Å². The van der Waals surface area contributed by atoms with Gasteiger partial charge in [0, 0.05) is 11.9 Å². The van der Waals surface area contributed by atoms with Crippen LogP contribution in [0.15, 0.2) is 36.5 Å². The average molecular weight is 426 g/mol.